The number of esters is 1. The normalized spacial score (nSPS) is 12.7. The largest absolute Gasteiger partial charge is 0.445 e. The Bertz CT molecular complexity index is 643. The molecule has 5 nitrogen and oxygen atoms in total. The minimum absolute atomic E-state index is 0.464. The second kappa shape index (κ2) is 14.4. The highest BCUT2D eigenvalue weighted by Gasteiger charge is 2.12. The van der Waals surface area contributed by atoms with Gasteiger partial charge >= 0.3 is 5.97 Å². The van der Waals surface area contributed by atoms with Gasteiger partial charge in [0.05, 0.1) is 6.26 Å². The SMILES string of the molecule is C=CC(C#CC#CC(CCCCCCCCC)OS(C)(=O)=O)OC(C)=O. The molecule has 26 heavy (non-hydrogen) atoms. The van der Waals surface area contributed by atoms with Gasteiger partial charge in [-0.25, -0.2) is 0 Å². The number of unbranched alkanes of at least 4 members (excludes halogenated alkanes) is 6. The molecule has 0 saturated carbocycles. The Morgan fingerprint density at radius 3 is 2.19 bits per heavy atom. The van der Waals surface area contributed by atoms with E-state index in [0.29, 0.717) is 6.42 Å². The predicted octanol–water partition coefficient (Wildman–Crippen LogP) is 3.60. The van der Waals surface area contributed by atoms with Crippen LogP contribution in [-0.2, 0) is 23.8 Å². The van der Waals surface area contributed by atoms with E-state index in [9.17, 15) is 13.2 Å². The molecule has 0 fully saturated rings. The van der Waals surface area contributed by atoms with Crippen LogP contribution in [0.2, 0.25) is 0 Å². The molecular weight excluding hydrogens is 352 g/mol. The summed E-state index contributed by atoms with van der Waals surface area (Å²) in [4.78, 5) is 10.9. The van der Waals surface area contributed by atoms with Crippen molar-refractivity contribution < 1.29 is 22.1 Å². The van der Waals surface area contributed by atoms with E-state index in [1.807, 2.05) is 0 Å². The summed E-state index contributed by atoms with van der Waals surface area (Å²) in [5, 5.41) is 0. The maximum absolute atomic E-state index is 11.4. The van der Waals surface area contributed by atoms with Crippen molar-refractivity contribution in [1.82, 2.24) is 0 Å². The third kappa shape index (κ3) is 15.7. The number of carbonyl (C=O) groups is 1. The van der Waals surface area contributed by atoms with E-state index in [2.05, 4.69) is 37.2 Å². The fourth-order valence-electron chi connectivity index (χ4n) is 2.18. The molecule has 0 aliphatic carbocycles. The molecule has 0 amide bonds. The molecule has 0 spiro atoms. The lowest BCUT2D eigenvalue weighted by molar-refractivity contribution is -0.142. The summed E-state index contributed by atoms with van der Waals surface area (Å²) in [7, 11) is -3.59. The van der Waals surface area contributed by atoms with Crippen molar-refractivity contribution in [3.63, 3.8) is 0 Å². The first kappa shape index (κ1) is 24.2. The molecule has 0 aliphatic rings. The van der Waals surface area contributed by atoms with Crippen LogP contribution in [0, 0.1) is 23.7 Å². The molecular formula is C20H30O5S. The lowest BCUT2D eigenvalue weighted by Gasteiger charge is -2.09. The molecule has 0 radical (unpaired) electrons. The summed E-state index contributed by atoms with van der Waals surface area (Å²) in [5.41, 5.74) is 0. The van der Waals surface area contributed by atoms with Crippen LogP contribution in [0.25, 0.3) is 0 Å². The van der Waals surface area contributed by atoms with Crippen LogP contribution in [-0.4, -0.2) is 32.9 Å². The smallest absolute Gasteiger partial charge is 0.304 e. The van der Waals surface area contributed by atoms with Crippen molar-refractivity contribution in [3.8, 4) is 23.7 Å². The van der Waals surface area contributed by atoms with Crippen molar-refractivity contribution in [1.29, 1.82) is 0 Å². The van der Waals surface area contributed by atoms with E-state index < -0.39 is 28.3 Å². The van der Waals surface area contributed by atoms with E-state index in [1.54, 1.807) is 0 Å². The van der Waals surface area contributed by atoms with Crippen molar-refractivity contribution in [3.05, 3.63) is 12.7 Å². The minimum atomic E-state index is -3.59. The lowest BCUT2D eigenvalue weighted by atomic mass is 10.1. The van der Waals surface area contributed by atoms with Gasteiger partial charge in [0.15, 0.2) is 6.10 Å². The predicted molar refractivity (Wildman–Crippen MR) is 104 cm³/mol. The van der Waals surface area contributed by atoms with Gasteiger partial charge in [0.1, 0.15) is 6.10 Å². The Hall–Kier alpha value is -1.76. The van der Waals surface area contributed by atoms with Gasteiger partial charge in [-0.15, -0.1) is 0 Å². The third-order valence-corrected chi connectivity index (χ3v) is 3.96. The van der Waals surface area contributed by atoms with Crippen LogP contribution >= 0.6 is 0 Å². The highest BCUT2D eigenvalue weighted by molar-refractivity contribution is 7.86. The molecule has 0 aromatic heterocycles. The van der Waals surface area contributed by atoms with Gasteiger partial charge in [-0.1, -0.05) is 57.9 Å². The second-order valence-corrected chi connectivity index (χ2v) is 7.60. The molecule has 146 valence electrons. The summed E-state index contributed by atoms with van der Waals surface area (Å²) in [6.45, 7) is 6.98. The van der Waals surface area contributed by atoms with Crippen LogP contribution in [0.15, 0.2) is 12.7 Å². The highest BCUT2D eigenvalue weighted by Crippen LogP contribution is 2.12. The lowest BCUT2D eigenvalue weighted by Crippen LogP contribution is -2.15. The average molecular weight is 383 g/mol. The van der Waals surface area contributed by atoms with Crippen molar-refractivity contribution >= 4 is 16.1 Å². The molecule has 2 atom stereocenters. The maximum atomic E-state index is 11.4. The van der Waals surface area contributed by atoms with E-state index in [0.717, 1.165) is 25.5 Å². The van der Waals surface area contributed by atoms with E-state index in [4.69, 9.17) is 8.92 Å². The van der Waals surface area contributed by atoms with Gasteiger partial charge in [-0.2, -0.15) is 8.42 Å². The summed E-state index contributed by atoms with van der Waals surface area (Å²) in [6, 6.07) is 0. The Morgan fingerprint density at radius 2 is 1.65 bits per heavy atom. The van der Waals surface area contributed by atoms with Crippen LogP contribution in [0.4, 0.5) is 0 Å². The molecule has 0 saturated heterocycles. The van der Waals surface area contributed by atoms with Gasteiger partial charge in [-0.05, 0) is 36.7 Å². The number of hydrogen-bond acceptors (Lipinski definition) is 5. The summed E-state index contributed by atoms with van der Waals surface area (Å²) < 4.78 is 32.6. The van der Waals surface area contributed by atoms with Gasteiger partial charge in [0, 0.05) is 6.92 Å². The summed E-state index contributed by atoms with van der Waals surface area (Å²) >= 11 is 0. The van der Waals surface area contributed by atoms with Crippen molar-refractivity contribution in [2.75, 3.05) is 6.26 Å². The van der Waals surface area contributed by atoms with Gasteiger partial charge < -0.3 is 4.74 Å². The number of rotatable bonds is 12. The second-order valence-electron chi connectivity index (χ2n) is 6.00. The van der Waals surface area contributed by atoms with Gasteiger partial charge in [0.2, 0.25) is 0 Å². The average Bonchev–Trinajstić information content (AvgIpc) is 2.54. The van der Waals surface area contributed by atoms with Crippen molar-refractivity contribution in [2.45, 2.75) is 77.4 Å². The fraction of sp³-hybridized carbons (Fsp3) is 0.650. The number of carbonyl (C=O) groups excluding carboxylic acids is 1. The molecule has 2 unspecified atom stereocenters. The monoisotopic (exact) mass is 382 g/mol. The van der Waals surface area contributed by atoms with Crippen LogP contribution < -0.4 is 0 Å². The Kier molecular flexibility index (Phi) is 13.4. The van der Waals surface area contributed by atoms with Crippen molar-refractivity contribution in [2.24, 2.45) is 0 Å². The summed E-state index contributed by atoms with van der Waals surface area (Å²) in [5.74, 6) is 10.0. The molecule has 0 heterocycles. The molecule has 0 rings (SSSR count). The van der Waals surface area contributed by atoms with Crippen LogP contribution in [0.1, 0.15) is 65.2 Å². The summed E-state index contributed by atoms with van der Waals surface area (Å²) in [6.07, 6.45) is 9.36. The third-order valence-electron chi connectivity index (χ3n) is 3.38. The highest BCUT2D eigenvalue weighted by atomic mass is 32.2. The van der Waals surface area contributed by atoms with Crippen LogP contribution in [0.3, 0.4) is 0 Å². The number of hydrogen-bond donors (Lipinski definition) is 0. The zero-order chi connectivity index (χ0) is 19.8. The zero-order valence-electron chi connectivity index (χ0n) is 16.0. The topological polar surface area (TPSA) is 69.7 Å². The maximum Gasteiger partial charge on any atom is 0.304 e. The quantitative estimate of drug-likeness (QED) is 0.170. The Balaban J connectivity index is 4.57. The molecule has 0 bridgehead atoms. The first-order chi connectivity index (χ1) is 12.3. The Morgan fingerprint density at radius 1 is 1.08 bits per heavy atom. The molecule has 0 aromatic carbocycles. The van der Waals surface area contributed by atoms with Crippen LogP contribution in [0.5, 0.6) is 0 Å². The van der Waals surface area contributed by atoms with Gasteiger partial charge in [-0.3, -0.25) is 8.98 Å². The number of ether oxygens (including phenoxy) is 1. The Labute approximate surface area is 158 Å². The standard InChI is InChI=1S/C20H30O5S/c1-5-7-8-9-10-11-12-16-20(25-26(4,22)23)17-14-13-15-19(6-2)24-18(3)21/h6,19-20H,2,5,7-12,16H2,1,3-4H3. The van der Waals surface area contributed by atoms with E-state index in [1.165, 1.54) is 38.7 Å². The minimum Gasteiger partial charge on any atom is -0.445 e. The fourth-order valence-corrected chi connectivity index (χ4v) is 2.75. The zero-order valence-corrected chi connectivity index (χ0v) is 16.9. The van der Waals surface area contributed by atoms with E-state index >= 15 is 0 Å². The first-order valence-electron chi connectivity index (χ1n) is 8.97. The van der Waals surface area contributed by atoms with E-state index in [-0.39, 0.29) is 0 Å². The first-order valence-corrected chi connectivity index (χ1v) is 10.8. The molecule has 6 heteroatoms. The molecule has 0 aliphatic heterocycles. The molecule has 0 N–H and O–H groups in total. The molecule has 0 aromatic rings. The van der Waals surface area contributed by atoms with Gasteiger partial charge in [0.25, 0.3) is 10.1 Å².